The van der Waals surface area contributed by atoms with E-state index in [4.69, 9.17) is 9.47 Å². The van der Waals surface area contributed by atoms with Gasteiger partial charge >= 0.3 is 0 Å². The van der Waals surface area contributed by atoms with Gasteiger partial charge in [-0.2, -0.15) is 0 Å². The summed E-state index contributed by atoms with van der Waals surface area (Å²) in [6.45, 7) is 10.7. The number of hydrogen-bond acceptors (Lipinski definition) is 8. The lowest BCUT2D eigenvalue weighted by Crippen LogP contribution is -2.47. The molecule has 2 heterocycles. The van der Waals surface area contributed by atoms with Crippen LogP contribution in [0.1, 0.15) is 0 Å². The first-order chi connectivity index (χ1) is 11.7. The Kier molecular flexibility index (Phi) is 10.1. The van der Waals surface area contributed by atoms with Gasteiger partial charge in [0.25, 0.3) is 0 Å². The van der Waals surface area contributed by atoms with Crippen molar-refractivity contribution in [3.8, 4) is 0 Å². The van der Waals surface area contributed by atoms with Crippen LogP contribution in [-0.4, -0.2) is 124 Å². The van der Waals surface area contributed by atoms with E-state index in [1.165, 1.54) is 0 Å². The van der Waals surface area contributed by atoms with Crippen molar-refractivity contribution >= 4 is 0 Å². The molecule has 0 bridgehead atoms. The summed E-state index contributed by atoms with van der Waals surface area (Å²) < 4.78 is 10.9. The molecule has 2 unspecified atom stereocenters. The molecule has 0 spiro atoms. The lowest BCUT2D eigenvalue weighted by molar-refractivity contribution is -0.0292. The fourth-order valence-corrected chi connectivity index (χ4v) is 3.05. The average molecular weight is 346 g/mol. The van der Waals surface area contributed by atoms with Gasteiger partial charge in [0.1, 0.15) is 0 Å². The van der Waals surface area contributed by atoms with Crippen LogP contribution in [0, 0.1) is 0 Å². The fraction of sp³-hybridized carbons (Fsp3) is 1.00. The van der Waals surface area contributed by atoms with Gasteiger partial charge in [-0.1, -0.05) is 0 Å². The molecule has 8 nitrogen and oxygen atoms in total. The molecule has 24 heavy (non-hydrogen) atoms. The first kappa shape index (κ1) is 20.0. The van der Waals surface area contributed by atoms with Crippen LogP contribution in [0.25, 0.3) is 0 Å². The Hall–Kier alpha value is -0.320. The highest BCUT2D eigenvalue weighted by Gasteiger charge is 2.15. The molecule has 0 aromatic rings. The number of nitrogens with zero attached hydrogens (tertiary/aromatic N) is 2. The highest BCUT2D eigenvalue weighted by Crippen LogP contribution is 1.98. The van der Waals surface area contributed by atoms with Crippen LogP contribution >= 0.6 is 0 Å². The molecule has 0 amide bonds. The van der Waals surface area contributed by atoms with E-state index >= 15 is 0 Å². The summed E-state index contributed by atoms with van der Waals surface area (Å²) in [5.41, 5.74) is 0. The van der Waals surface area contributed by atoms with Crippen LogP contribution in [0.15, 0.2) is 0 Å². The minimum Gasteiger partial charge on any atom is -0.389 e. The smallest absolute Gasteiger partial charge is 0.0900 e. The van der Waals surface area contributed by atoms with Gasteiger partial charge in [-0.25, -0.2) is 0 Å². The second-order valence-corrected chi connectivity index (χ2v) is 6.56. The van der Waals surface area contributed by atoms with Crippen molar-refractivity contribution < 1.29 is 19.7 Å². The van der Waals surface area contributed by atoms with E-state index in [0.717, 1.165) is 52.4 Å². The second kappa shape index (κ2) is 12.1. The Morgan fingerprint density at radius 3 is 1.46 bits per heavy atom. The highest BCUT2D eigenvalue weighted by molar-refractivity contribution is 4.71. The van der Waals surface area contributed by atoms with Gasteiger partial charge in [-0.15, -0.1) is 0 Å². The Morgan fingerprint density at radius 1 is 0.708 bits per heavy atom. The molecular weight excluding hydrogens is 312 g/mol. The Bertz CT molecular complexity index is 282. The third kappa shape index (κ3) is 8.68. The largest absolute Gasteiger partial charge is 0.389 e. The summed E-state index contributed by atoms with van der Waals surface area (Å²) >= 11 is 0. The average Bonchev–Trinajstić information content (AvgIpc) is 2.60. The number of hydrogen-bond donors (Lipinski definition) is 4. The van der Waals surface area contributed by atoms with E-state index in [1.807, 2.05) is 0 Å². The van der Waals surface area contributed by atoms with Crippen LogP contribution < -0.4 is 10.6 Å². The van der Waals surface area contributed by atoms with E-state index in [2.05, 4.69) is 20.4 Å². The number of rotatable bonds is 11. The SMILES string of the molecule is OC(COCCOCC(O)CN1CCNCC1)CN1CCNCC1. The van der Waals surface area contributed by atoms with Crippen molar-refractivity contribution in [2.45, 2.75) is 12.2 Å². The van der Waals surface area contributed by atoms with E-state index in [9.17, 15) is 10.2 Å². The minimum atomic E-state index is -0.457. The number of aliphatic hydroxyl groups excluding tert-OH is 2. The molecule has 0 radical (unpaired) electrons. The first-order valence-corrected chi connectivity index (χ1v) is 9.12. The zero-order valence-corrected chi connectivity index (χ0v) is 14.7. The van der Waals surface area contributed by atoms with Crippen LogP contribution in [0.2, 0.25) is 0 Å². The predicted molar refractivity (Wildman–Crippen MR) is 92.3 cm³/mol. The summed E-state index contributed by atoms with van der Waals surface area (Å²) in [5.74, 6) is 0. The van der Waals surface area contributed by atoms with E-state index in [-0.39, 0.29) is 0 Å². The quantitative estimate of drug-likeness (QED) is 0.307. The molecule has 2 rings (SSSR count). The van der Waals surface area contributed by atoms with Crippen LogP contribution in [0.3, 0.4) is 0 Å². The molecule has 4 N–H and O–H groups in total. The maximum Gasteiger partial charge on any atom is 0.0900 e. The highest BCUT2D eigenvalue weighted by atomic mass is 16.5. The molecule has 2 saturated heterocycles. The predicted octanol–water partition coefficient (Wildman–Crippen LogP) is -2.45. The topological polar surface area (TPSA) is 89.5 Å². The zero-order chi connectivity index (χ0) is 17.0. The monoisotopic (exact) mass is 346 g/mol. The third-order valence-corrected chi connectivity index (χ3v) is 4.35. The van der Waals surface area contributed by atoms with Gasteiger partial charge in [-0.05, 0) is 0 Å². The van der Waals surface area contributed by atoms with E-state index < -0.39 is 12.2 Å². The number of aliphatic hydroxyl groups is 2. The van der Waals surface area contributed by atoms with Gasteiger partial charge in [-0.3, -0.25) is 9.80 Å². The Labute approximate surface area is 145 Å². The van der Waals surface area contributed by atoms with E-state index in [0.29, 0.717) is 39.5 Å². The van der Waals surface area contributed by atoms with Crippen molar-refractivity contribution in [2.24, 2.45) is 0 Å². The van der Waals surface area contributed by atoms with Gasteiger partial charge < -0.3 is 30.3 Å². The molecule has 0 aliphatic carbocycles. The lowest BCUT2D eigenvalue weighted by atomic mass is 10.3. The maximum atomic E-state index is 9.95. The molecule has 142 valence electrons. The van der Waals surface area contributed by atoms with Gasteiger partial charge in [0.2, 0.25) is 0 Å². The molecule has 0 aromatic heterocycles. The molecule has 8 heteroatoms. The number of nitrogens with one attached hydrogen (secondary N) is 2. The Morgan fingerprint density at radius 2 is 1.08 bits per heavy atom. The van der Waals surface area contributed by atoms with Crippen LogP contribution in [0.4, 0.5) is 0 Å². The van der Waals surface area contributed by atoms with Crippen molar-refractivity contribution in [1.82, 2.24) is 20.4 Å². The summed E-state index contributed by atoms with van der Waals surface area (Å²) in [6, 6.07) is 0. The molecule has 2 aliphatic heterocycles. The van der Waals surface area contributed by atoms with Gasteiger partial charge in [0, 0.05) is 65.4 Å². The molecule has 0 aromatic carbocycles. The Balaban J connectivity index is 1.40. The molecule has 0 saturated carbocycles. The van der Waals surface area contributed by atoms with Crippen LogP contribution in [-0.2, 0) is 9.47 Å². The van der Waals surface area contributed by atoms with Crippen molar-refractivity contribution in [3.63, 3.8) is 0 Å². The molecule has 2 aliphatic rings. The third-order valence-electron chi connectivity index (χ3n) is 4.35. The summed E-state index contributed by atoms with van der Waals surface area (Å²) in [4.78, 5) is 4.49. The second-order valence-electron chi connectivity index (χ2n) is 6.56. The fourth-order valence-electron chi connectivity index (χ4n) is 3.05. The minimum absolute atomic E-state index is 0.330. The van der Waals surface area contributed by atoms with Crippen LogP contribution in [0.5, 0.6) is 0 Å². The number of ether oxygens (including phenoxy) is 2. The molecule has 2 fully saturated rings. The summed E-state index contributed by atoms with van der Waals surface area (Å²) in [6.07, 6.45) is -0.914. The number of piperazine rings is 2. The van der Waals surface area contributed by atoms with Crippen molar-refractivity contribution in [1.29, 1.82) is 0 Å². The standard InChI is InChI=1S/C16H34N4O4/c21-15(11-19-5-1-17-2-6-19)13-23-9-10-24-14-16(22)12-20-7-3-18-4-8-20/h15-18,21-22H,1-14H2. The van der Waals surface area contributed by atoms with Crippen molar-refractivity contribution in [3.05, 3.63) is 0 Å². The summed E-state index contributed by atoms with van der Waals surface area (Å²) in [5, 5.41) is 26.5. The van der Waals surface area contributed by atoms with E-state index in [1.54, 1.807) is 0 Å². The van der Waals surface area contributed by atoms with Gasteiger partial charge in [0.05, 0.1) is 38.6 Å². The lowest BCUT2D eigenvalue weighted by Gasteiger charge is -2.29. The number of β-amino-alcohol motifs (C(OH)–C–C–N with tert-alkyl or cyclic N) is 2. The maximum absolute atomic E-state index is 9.95. The first-order valence-electron chi connectivity index (χ1n) is 9.12. The van der Waals surface area contributed by atoms with Gasteiger partial charge in [0.15, 0.2) is 0 Å². The molecule has 2 atom stereocenters. The zero-order valence-electron chi connectivity index (χ0n) is 14.7. The van der Waals surface area contributed by atoms with Crippen molar-refractivity contribution in [2.75, 3.05) is 91.9 Å². The normalized spacial score (nSPS) is 23.2. The molecular formula is C16H34N4O4. The summed E-state index contributed by atoms with van der Waals surface area (Å²) in [7, 11) is 0.